The van der Waals surface area contributed by atoms with E-state index in [0.717, 1.165) is 17.3 Å². The lowest BCUT2D eigenvalue weighted by Crippen LogP contribution is -2.20. The van der Waals surface area contributed by atoms with Gasteiger partial charge in [0.15, 0.2) is 0 Å². The minimum absolute atomic E-state index is 0.0654. The summed E-state index contributed by atoms with van der Waals surface area (Å²) in [5.41, 5.74) is 1.58. The van der Waals surface area contributed by atoms with Gasteiger partial charge in [-0.15, -0.1) is 0 Å². The number of benzene rings is 2. The lowest BCUT2D eigenvalue weighted by molar-refractivity contribution is -0.384. The molecule has 0 fully saturated rings. The number of hydrogen-bond donors (Lipinski definition) is 1. The molecule has 2 aromatic carbocycles. The fraction of sp³-hybridized carbons (Fsp3) is 0.158. The SMILES string of the molecule is CCN(/C=C(/C#N)C(=O)Nc1cc([N+](=O)[O-])ccc1Cl)c1cccc(C)c1. The van der Waals surface area contributed by atoms with Crippen molar-refractivity contribution < 1.29 is 9.72 Å². The van der Waals surface area contributed by atoms with Gasteiger partial charge in [0.2, 0.25) is 0 Å². The van der Waals surface area contributed by atoms with Gasteiger partial charge in [-0.25, -0.2) is 0 Å². The molecule has 7 nitrogen and oxygen atoms in total. The molecule has 0 aliphatic rings. The molecule has 0 bridgehead atoms. The monoisotopic (exact) mass is 384 g/mol. The van der Waals surface area contributed by atoms with Gasteiger partial charge >= 0.3 is 0 Å². The van der Waals surface area contributed by atoms with Crippen LogP contribution in [-0.4, -0.2) is 17.4 Å². The highest BCUT2D eigenvalue weighted by atomic mass is 35.5. The molecule has 0 radical (unpaired) electrons. The molecule has 0 spiro atoms. The summed E-state index contributed by atoms with van der Waals surface area (Å²) >= 11 is 5.99. The quantitative estimate of drug-likeness (QED) is 0.343. The van der Waals surface area contributed by atoms with E-state index in [-0.39, 0.29) is 22.0 Å². The maximum Gasteiger partial charge on any atom is 0.271 e. The minimum Gasteiger partial charge on any atom is -0.347 e. The van der Waals surface area contributed by atoms with Crippen molar-refractivity contribution in [3.05, 3.63) is 74.9 Å². The number of amides is 1. The van der Waals surface area contributed by atoms with Crippen molar-refractivity contribution in [1.29, 1.82) is 5.26 Å². The summed E-state index contributed by atoms with van der Waals surface area (Å²) in [5, 5.41) is 22.9. The smallest absolute Gasteiger partial charge is 0.271 e. The first-order valence-corrected chi connectivity index (χ1v) is 8.44. The van der Waals surface area contributed by atoms with Gasteiger partial charge in [0, 0.05) is 30.6 Å². The number of carbonyl (C=O) groups excluding carboxylic acids is 1. The summed E-state index contributed by atoms with van der Waals surface area (Å²) in [6.45, 7) is 4.38. The number of nitrogens with one attached hydrogen (secondary N) is 1. The molecule has 0 heterocycles. The fourth-order valence-electron chi connectivity index (χ4n) is 2.36. The Bertz CT molecular complexity index is 950. The summed E-state index contributed by atoms with van der Waals surface area (Å²) in [6.07, 6.45) is 1.44. The highest BCUT2D eigenvalue weighted by Gasteiger charge is 2.16. The van der Waals surface area contributed by atoms with Crippen LogP contribution in [0.25, 0.3) is 0 Å². The van der Waals surface area contributed by atoms with Crippen molar-refractivity contribution >= 4 is 34.6 Å². The van der Waals surface area contributed by atoms with Gasteiger partial charge in [-0.3, -0.25) is 14.9 Å². The number of nitriles is 1. The molecule has 0 aliphatic heterocycles. The Balaban J connectivity index is 2.30. The maximum atomic E-state index is 12.5. The van der Waals surface area contributed by atoms with Crippen LogP contribution in [0, 0.1) is 28.4 Å². The molecule has 2 aromatic rings. The zero-order valence-corrected chi connectivity index (χ0v) is 15.5. The molecule has 138 valence electrons. The normalized spacial score (nSPS) is 10.8. The summed E-state index contributed by atoms with van der Waals surface area (Å²) in [5.74, 6) is -0.703. The minimum atomic E-state index is -0.703. The lowest BCUT2D eigenvalue weighted by Gasteiger charge is -2.19. The second-order valence-corrected chi connectivity index (χ2v) is 6.06. The van der Waals surface area contributed by atoms with Crippen LogP contribution in [0.4, 0.5) is 17.1 Å². The maximum absolute atomic E-state index is 12.5. The van der Waals surface area contributed by atoms with Crippen LogP contribution >= 0.6 is 11.6 Å². The summed E-state index contributed by atoms with van der Waals surface area (Å²) in [4.78, 5) is 24.5. The van der Waals surface area contributed by atoms with Crippen molar-refractivity contribution in [2.45, 2.75) is 13.8 Å². The molecule has 0 saturated carbocycles. The Morgan fingerprint density at radius 2 is 2.11 bits per heavy atom. The number of rotatable bonds is 6. The van der Waals surface area contributed by atoms with Crippen molar-refractivity contribution in [1.82, 2.24) is 0 Å². The van der Waals surface area contributed by atoms with Gasteiger partial charge in [-0.2, -0.15) is 5.26 Å². The number of non-ortho nitro benzene ring substituents is 1. The molecule has 0 aromatic heterocycles. The molecule has 0 aliphatic carbocycles. The van der Waals surface area contributed by atoms with E-state index in [1.807, 2.05) is 44.2 Å². The molecule has 27 heavy (non-hydrogen) atoms. The van der Waals surface area contributed by atoms with E-state index in [1.165, 1.54) is 18.3 Å². The Hall–Kier alpha value is -3.37. The molecule has 0 atom stereocenters. The molecule has 1 N–H and O–H groups in total. The van der Waals surface area contributed by atoms with Crippen molar-refractivity contribution in [2.24, 2.45) is 0 Å². The molecular weight excluding hydrogens is 368 g/mol. The third kappa shape index (κ3) is 5.06. The number of nitrogens with zero attached hydrogens (tertiary/aromatic N) is 3. The summed E-state index contributed by atoms with van der Waals surface area (Å²) in [6, 6.07) is 13.2. The highest BCUT2D eigenvalue weighted by Crippen LogP contribution is 2.27. The highest BCUT2D eigenvalue weighted by molar-refractivity contribution is 6.34. The van der Waals surface area contributed by atoms with E-state index in [4.69, 9.17) is 11.6 Å². The van der Waals surface area contributed by atoms with Crippen LogP contribution in [0.3, 0.4) is 0 Å². The number of nitro benzene ring substituents is 1. The number of halogens is 1. The van der Waals surface area contributed by atoms with Crippen LogP contribution in [0.1, 0.15) is 12.5 Å². The van der Waals surface area contributed by atoms with Gasteiger partial charge in [0.25, 0.3) is 11.6 Å². The third-order valence-electron chi connectivity index (χ3n) is 3.73. The van der Waals surface area contributed by atoms with Crippen molar-refractivity contribution in [2.75, 3.05) is 16.8 Å². The Morgan fingerprint density at radius 3 is 2.70 bits per heavy atom. The molecule has 1 amide bonds. The van der Waals surface area contributed by atoms with Gasteiger partial charge in [-0.1, -0.05) is 23.7 Å². The van der Waals surface area contributed by atoms with Gasteiger partial charge in [0.1, 0.15) is 11.6 Å². The first kappa shape index (κ1) is 19.9. The van der Waals surface area contributed by atoms with Crippen LogP contribution < -0.4 is 10.2 Å². The van der Waals surface area contributed by atoms with Crippen LogP contribution in [0.5, 0.6) is 0 Å². The number of aryl methyl sites for hydroxylation is 1. The van der Waals surface area contributed by atoms with Crippen LogP contribution in [-0.2, 0) is 4.79 Å². The van der Waals surface area contributed by atoms with E-state index >= 15 is 0 Å². The zero-order chi connectivity index (χ0) is 20.0. The lowest BCUT2D eigenvalue weighted by atomic mass is 10.2. The zero-order valence-electron chi connectivity index (χ0n) is 14.8. The molecule has 0 unspecified atom stereocenters. The van der Waals surface area contributed by atoms with Gasteiger partial charge < -0.3 is 10.2 Å². The first-order valence-electron chi connectivity index (χ1n) is 8.06. The van der Waals surface area contributed by atoms with E-state index < -0.39 is 10.8 Å². The topological polar surface area (TPSA) is 99.3 Å². The fourth-order valence-corrected chi connectivity index (χ4v) is 2.53. The van der Waals surface area contributed by atoms with Crippen molar-refractivity contribution in [3.63, 3.8) is 0 Å². The predicted molar refractivity (Wildman–Crippen MR) is 105 cm³/mol. The van der Waals surface area contributed by atoms with E-state index in [0.29, 0.717) is 6.54 Å². The third-order valence-corrected chi connectivity index (χ3v) is 4.06. The Morgan fingerprint density at radius 1 is 1.37 bits per heavy atom. The Labute approximate surface area is 161 Å². The van der Waals surface area contributed by atoms with Gasteiger partial charge in [0.05, 0.1) is 15.6 Å². The molecule has 0 saturated heterocycles. The summed E-state index contributed by atoms with van der Waals surface area (Å²) < 4.78 is 0. The second-order valence-electron chi connectivity index (χ2n) is 5.65. The second kappa shape index (κ2) is 8.83. The van der Waals surface area contributed by atoms with E-state index in [2.05, 4.69) is 5.32 Å². The van der Waals surface area contributed by atoms with Crippen LogP contribution in [0.15, 0.2) is 54.2 Å². The van der Waals surface area contributed by atoms with Gasteiger partial charge in [-0.05, 0) is 37.6 Å². The molecule has 8 heteroatoms. The number of hydrogen-bond acceptors (Lipinski definition) is 5. The number of nitro groups is 1. The summed E-state index contributed by atoms with van der Waals surface area (Å²) in [7, 11) is 0. The average molecular weight is 385 g/mol. The Kier molecular flexibility index (Phi) is 6.52. The number of carbonyl (C=O) groups is 1. The largest absolute Gasteiger partial charge is 0.347 e. The number of anilines is 2. The van der Waals surface area contributed by atoms with E-state index in [9.17, 15) is 20.2 Å². The first-order chi connectivity index (χ1) is 12.8. The van der Waals surface area contributed by atoms with Crippen molar-refractivity contribution in [3.8, 4) is 6.07 Å². The average Bonchev–Trinajstić information content (AvgIpc) is 2.64. The van der Waals surface area contributed by atoms with E-state index in [1.54, 1.807) is 4.90 Å². The van der Waals surface area contributed by atoms with Crippen LogP contribution in [0.2, 0.25) is 5.02 Å². The predicted octanol–water partition coefficient (Wildman–Crippen LogP) is 4.43. The molecular formula is C19H17ClN4O3. The molecule has 2 rings (SSSR count). The standard InChI is InChI=1S/C19H17ClN4O3/c1-3-23(15-6-4-5-13(2)9-15)12-14(11-21)19(25)22-18-10-16(24(26)27)7-8-17(18)20/h4-10,12H,3H2,1-2H3,(H,22,25)/b14-12-.